The fraction of sp³-hybridized carbons (Fsp3) is 0.750. The van der Waals surface area contributed by atoms with Gasteiger partial charge in [0.25, 0.3) is 0 Å². The van der Waals surface area contributed by atoms with E-state index >= 15 is 0 Å². The second-order valence-corrected chi connectivity index (χ2v) is 3.06. The Bertz CT molecular complexity index is 167. The summed E-state index contributed by atoms with van der Waals surface area (Å²) in [4.78, 5) is 20.7. The van der Waals surface area contributed by atoms with E-state index in [0.717, 1.165) is 0 Å². The molecule has 0 unspecified atom stereocenters. The zero-order chi connectivity index (χ0) is 8.32. The number of carbonyl (C=O) groups excluding carboxylic acids is 2. The third kappa shape index (κ3) is 2.10. The number of ketones is 1. The molecule has 0 radical (unpaired) electrons. The van der Waals surface area contributed by atoms with Crippen LogP contribution in [0.3, 0.4) is 0 Å². The summed E-state index contributed by atoms with van der Waals surface area (Å²) in [5, 5.41) is 0. The zero-order valence-corrected chi connectivity index (χ0v) is 6.31. The first kappa shape index (κ1) is 8.37. The lowest BCUT2D eigenvalue weighted by Gasteiger charge is -2.26. The van der Waals surface area contributed by atoms with Crippen molar-refractivity contribution < 1.29 is 14.0 Å². The largest absolute Gasteiger partial charge is 0.303 e. The summed E-state index contributed by atoms with van der Waals surface area (Å²) in [6, 6.07) is 0. The molecule has 1 saturated carbocycles. The van der Waals surface area contributed by atoms with Gasteiger partial charge in [-0.25, -0.2) is 4.39 Å². The minimum Gasteiger partial charge on any atom is -0.303 e. The molecule has 0 bridgehead atoms. The molecule has 0 aromatic carbocycles. The summed E-state index contributed by atoms with van der Waals surface area (Å²) in [6.07, 6.45) is 1.58. The van der Waals surface area contributed by atoms with Crippen molar-refractivity contribution in [3.8, 4) is 0 Å². The van der Waals surface area contributed by atoms with Gasteiger partial charge in [0.1, 0.15) is 17.7 Å². The molecule has 11 heavy (non-hydrogen) atoms. The highest BCUT2D eigenvalue weighted by Gasteiger charge is 2.33. The quantitative estimate of drug-likeness (QED) is 0.569. The average Bonchev–Trinajstić information content (AvgIpc) is 1.97. The van der Waals surface area contributed by atoms with Gasteiger partial charge < -0.3 is 4.79 Å². The van der Waals surface area contributed by atoms with Gasteiger partial charge in [-0.15, -0.1) is 0 Å². The predicted octanol–water partition coefficient (Wildman–Crippen LogP) is 1.43. The van der Waals surface area contributed by atoms with E-state index in [0.29, 0.717) is 19.1 Å². The van der Waals surface area contributed by atoms with Gasteiger partial charge >= 0.3 is 0 Å². The maximum absolute atomic E-state index is 13.4. The molecule has 0 aliphatic heterocycles. The van der Waals surface area contributed by atoms with Gasteiger partial charge in [0.2, 0.25) is 0 Å². The molecule has 62 valence electrons. The summed E-state index contributed by atoms with van der Waals surface area (Å²) in [5.74, 6) is 0.115. The van der Waals surface area contributed by atoms with Crippen LogP contribution < -0.4 is 0 Å². The third-order valence-corrected chi connectivity index (χ3v) is 2.15. The Kier molecular flexibility index (Phi) is 2.37. The summed E-state index contributed by atoms with van der Waals surface area (Å²) < 4.78 is 13.4. The van der Waals surface area contributed by atoms with Gasteiger partial charge in [0, 0.05) is 19.3 Å². The highest BCUT2D eigenvalue weighted by atomic mass is 19.1. The SMILES string of the molecule is O=CCC1(F)CCC(=O)CC1. The average molecular weight is 158 g/mol. The fourth-order valence-electron chi connectivity index (χ4n) is 1.33. The number of halogens is 1. The van der Waals surface area contributed by atoms with E-state index in [9.17, 15) is 14.0 Å². The second kappa shape index (κ2) is 3.11. The summed E-state index contributed by atoms with van der Waals surface area (Å²) in [7, 11) is 0. The molecule has 0 saturated heterocycles. The van der Waals surface area contributed by atoms with E-state index in [1.807, 2.05) is 0 Å². The standard InChI is InChI=1S/C8H11FO2/c9-8(5-6-10)3-1-7(11)2-4-8/h6H,1-5H2. The number of alkyl halides is 1. The Labute approximate surface area is 64.8 Å². The van der Waals surface area contributed by atoms with Crippen LogP contribution in [-0.2, 0) is 9.59 Å². The molecule has 0 amide bonds. The molecular formula is C8H11FO2. The molecular weight excluding hydrogens is 147 g/mol. The van der Waals surface area contributed by atoms with Crippen LogP contribution in [0.5, 0.6) is 0 Å². The number of Topliss-reactive ketones (excluding diaryl/α,β-unsaturated/α-hetero) is 1. The highest BCUT2D eigenvalue weighted by molar-refractivity contribution is 5.79. The first-order chi connectivity index (χ1) is 5.16. The molecule has 1 aliphatic carbocycles. The van der Waals surface area contributed by atoms with Crippen molar-refractivity contribution in [1.82, 2.24) is 0 Å². The molecule has 0 aromatic rings. The van der Waals surface area contributed by atoms with Gasteiger partial charge in [0.15, 0.2) is 0 Å². The summed E-state index contributed by atoms with van der Waals surface area (Å²) in [6.45, 7) is 0. The Morgan fingerprint density at radius 2 is 2.00 bits per heavy atom. The Morgan fingerprint density at radius 1 is 1.45 bits per heavy atom. The van der Waals surface area contributed by atoms with Crippen molar-refractivity contribution in [2.24, 2.45) is 0 Å². The van der Waals surface area contributed by atoms with Gasteiger partial charge in [-0.05, 0) is 12.8 Å². The topological polar surface area (TPSA) is 34.1 Å². The first-order valence-electron chi connectivity index (χ1n) is 3.80. The molecule has 1 rings (SSSR count). The predicted molar refractivity (Wildman–Crippen MR) is 38.0 cm³/mol. The van der Waals surface area contributed by atoms with Crippen molar-refractivity contribution in [3.63, 3.8) is 0 Å². The monoisotopic (exact) mass is 158 g/mol. The molecule has 3 heteroatoms. The van der Waals surface area contributed by atoms with E-state index in [1.165, 1.54) is 0 Å². The first-order valence-corrected chi connectivity index (χ1v) is 3.80. The number of rotatable bonds is 2. The van der Waals surface area contributed by atoms with Crippen LogP contribution in [-0.4, -0.2) is 17.7 Å². The van der Waals surface area contributed by atoms with Gasteiger partial charge in [-0.3, -0.25) is 4.79 Å². The van der Waals surface area contributed by atoms with Crippen LogP contribution in [0.1, 0.15) is 32.1 Å². The number of hydrogen-bond donors (Lipinski definition) is 0. The highest BCUT2D eigenvalue weighted by Crippen LogP contribution is 2.32. The van der Waals surface area contributed by atoms with Crippen molar-refractivity contribution in [1.29, 1.82) is 0 Å². The van der Waals surface area contributed by atoms with Crippen molar-refractivity contribution in [2.75, 3.05) is 0 Å². The van der Waals surface area contributed by atoms with E-state index in [4.69, 9.17) is 0 Å². The fourth-order valence-corrected chi connectivity index (χ4v) is 1.33. The number of aldehydes is 1. The molecule has 0 spiro atoms. The summed E-state index contributed by atoms with van der Waals surface area (Å²) >= 11 is 0. The minimum atomic E-state index is -1.38. The molecule has 2 nitrogen and oxygen atoms in total. The maximum atomic E-state index is 13.4. The summed E-state index contributed by atoms with van der Waals surface area (Å²) in [5.41, 5.74) is -1.38. The lowest BCUT2D eigenvalue weighted by molar-refractivity contribution is -0.124. The van der Waals surface area contributed by atoms with Crippen LogP contribution >= 0.6 is 0 Å². The smallest absolute Gasteiger partial charge is 0.133 e. The van der Waals surface area contributed by atoms with Crippen LogP contribution in [0.2, 0.25) is 0 Å². The third-order valence-electron chi connectivity index (χ3n) is 2.15. The van der Waals surface area contributed by atoms with Crippen LogP contribution in [0, 0.1) is 0 Å². The van der Waals surface area contributed by atoms with Crippen LogP contribution in [0.25, 0.3) is 0 Å². The molecule has 1 fully saturated rings. The van der Waals surface area contributed by atoms with Crippen molar-refractivity contribution >= 4 is 12.1 Å². The van der Waals surface area contributed by atoms with E-state index in [2.05, 4.69) is 0 Å². The van der Waals surface area contributed by atoms with Crippen molar-refractivity contribution in [3.05, 3.63) is 0 Å². The normalized spacial score (nSPS) is 23.2. The van der Waals surface area contributed by atoms with Gasteiger partial charge in [-0.2, -0.15) is 0 Å². The molecule has 0 heterocycles. The molecule has 1 aliphatic rings. The molecule has 0 aromatic heterocycles. The Balaban J connectivity index is 2.47. The minimum absolute atomic E-state index is 0.0553. The van der Waals surface area contributed by atoms with Gasteiger partial charge in [-0.1, -0.05) is 0 Å². The molecule has 0 N–H and O–H groups in total. The van der Waals surface area contributed by atoms with E-state index in [-0.39, 0.29) is 25.0 Å². The number of hydrogen-bond acceptors (Lipinski definition) is 2. The lowest BCUT2D eigenvalue weighted by atomic mass is 9.84. The van der Waals surface area contributed by atoms with Gasteiger partial charge in [0.05, 0.1) is 0 Å². The lowest BCUT2D eigenvalue weighted by Crippen LogP contribution is -2.29. The van der Waals surface area contributed by atoms with Crippen LogP contribution in [0.4, 0.5) is 4.39 Å². The second-order valence-electron chi connectivity index (χ2n) is 3.06. The van der Waals surface area contributed by atoms with E-state index < -0.39 is 5.67 Å². The number of carbonyl (C=O) groups is 2. The zero-order valence-electron chi connectivity index (χ0n) is 6.31. The Hall–Kier alpha value is -0.730. The molecule has 0 atom stereocenters. The van der Waals surface area contributed by atoms with Crippen LogP contribution in [0.15, 0.2) is 0 Å². The van der Waals surface area contributed by atoms with Crippen molar-refractivity contribution in [2.45, 2.75) is 37.8 Å². The maximum Gasteiger partial charge on any atom is 0.133 e. The Morgan fingerprint density at radius 3 is 2.45 bits per heavy atom. The van der Waals surface area contributed by atoms with E-state index in [1.54, 1.807) is 0 Å².